The lowest BCUT2D eigenvalue weighted by Gasteiger charge is -2.34. The number of rotatable bonds is 7. The molecule has 38 heavy (non-hydrogen) atoms. The van der Waals surface area contributed by atoms with Crippen LogP contribution in [-0.4, -0.2) is 66.8 Å². The van der Waals surface area contributed by atoms with Crippen LogP contribution in [0.3, 0.4) is 0 Å². The number of nitrogens with one attached hydrogen (secondary N) is 1. The topological polar surface area (TPSA) is 131 Å². The molecule has 2 atom stereocenters. The SMILES string of the molecule is N#CC1CN(S(=O)(=O)c2cccc(C(=O)N3CCC[C@@H]3C(=O)N[C@@H](CO)c3cccc(C(F)(F)F)c3)c2)C1. The third-order valence-electron chi connectivity index (χ3n) is 6.68. The number of likely N-dealkylation sites (tertiary alicyclic amines) is 1. The molecule has 2 fully saturated rings. The fourth-order valence-electron chi connectivity index (χ4n) is 4.54. The van der Waals surface area contributed by atoms with Crippen molar-refractivity contribution in [3.63, 3.8) is 0 Å². The zero-order valence-corrected chi connectivity index (χ0v) is 20.9. The van der Waals surface area contributed by atoms with Crippen molar-refractivity contribution in [2.75, 3.05) is 26.2 Å². The maximum Gasteiger partial charge on any atom is 0.416 e. The summed E-state index contributed by atoms with van der Waals surface area (Å²) in [5, 5.41) is 21.2. The average molecular weight is 551 g/mol. The second kappa shape index (κ2) is 10.7. The van der Waals surface area contributed by atoms with Crippen LogP contribution in [0.2, 0.25) is 0 Å². The number of carbonyl (C=O) groups is 2. The Morgan fingerprint density at radius 1 is 1.16 bits per heavy atom. The smallest absolute Gasteiger partial charge is 0.394 e. The average Bonchev–Trinajstić information content (AvgIpc) is 3.36. The van der Waals surface area contributed by atoms with E-state index in [1.807, 2.05) is 6.07 Å². The summed E-state index contributed by atoms with van der Waals surface area (Å²) in [5.74, 6) is -1.59. The van der Waals surface area contributed by atoms with Crippen LogP contribution >= 0.6 is 0 Å². The largest absolute Gasteiger partial charge is 0.416 e. The summed E-state index contributed by atoms with van der Waals surface area (Å²) >= 11 is 0. The van der Waals surface area contributed by atoms with Crippen molar-refractivity contribution in [1.82, 2.24) is 14.5 Å². The highest BCUT2D eigenvalue weighted by molar-refractivity contribution is 7.89. The number of aliphatic hydroxyl groups is 1. The summed E-state index contributed by atoms with van der Waals surface area (Å²) in [5.41, 5.74) is -0.801. The molecule has 0 unspecified atom stereocenters. The predicted molar refractivity (Wildman–Crippen MR) is 128 cm³/mol. The Morgan fingerprint density at radius 2 is 1.87 bits per heavy atom. The lowest BCUT2D eigenvalue weighted by atomic mass is 10.0. The van der Waals surface area contributed by atoms with E-state index in [0.29, 0.717) is 12.8 Å². The normalized spacial score (nSPS) is 19.4. The van der Waals surface area contributed by atoms with Crippen molar-refractivity contribution >= 4 is 21.8 Å². The van der Waals surface area contributed by atoms with Gasteiger partial charge in [-0.15, -0.1) is 0 Å². The molecule has 2 saturated heterocycles. The van der Waals surface area contributed by atoms with Crippen molar-refractivity contribution in [2.24, 2.45) is 5.92 Å². The van der Waals surface area contributed by atoms with E-state index in [9.17, 15) is 36.3 Å². The van der Waals surface area contributed by atoms with E-state index in [2.05, 4.69) is 5.32 Å². The van der Waals surface area contributed by atoms with Crippen molar-refractivity contribution in [3.8, 4) is 6.07 Å². The van der Waals surface area contributed by atoms with Crippen LogP contribution in [0.5, 0.6) is 0 Å². The Bertz CT molecular complexity index is 1370. The third-order valence-corrected chi connectivity index (χ3v) is 8.51. The summed E-state index contributed by atoms with van der Waals surface area (Å²) < 4.78 is 66.2. The van der Waals surface area contributed by atoms with E-state index in [-0.39, 0.29) is 41.6 Å². The number of aliphatic hydroxyl groups excluding tert-OH is 1. The molecule has 2 aliphatic rings. The van der Waals surface area contributed by atoms with Crippen LogP contribution in [0, 0.1) is 17.2 Å². The first kappa shape index (κ1) is 27.6. The molecule has 2 heterocycles. The number of hydrogen-bond acceptors (Lipinski definition) is 6. The molecule has 0 saturated carbocycles. The van der Waals surface area contributed by atoms with Gasteiger partial charge in [-0.25, -0.2) is 8.42 Å². The van der Waals surface area contributed by atoms with Gasteiger partial charge in [-0.05, 0) is 48.7 Å². The first-order chi connectivity index (χ1) is 18.0. The Morgan fingerprint density at radius 3 is 2.53 bits per heavy atom. The maximum absolute atomic E-state index is 13.3. The fourth-order valence-corrected chi connectivity index (χ4v) is 6.11. The van der Waals surface area contributed by atoms with Gasteiger partial charge in [0.2, 0.25) is 15.9 Å². The van der Waals surface area contributed by atoms with Gasteiger partial charge in [-0.2, -0.15) is 22.7 Å². The van der Waals surface area contributed by atoms with E-state index in [0.717, 1.165) is 16.4 Å². The molecule has 0 spiro atoms. The molecule has 9 nitrogen and oxygen atoms in total. The molecular weight excluding hydrogens is 525 g/mol. The van der Waals surface area contributed by atoms with Crippen LogP contribution in [-0.2, 0) is 21.0 Å². The third kappa shape index (κ3) is 5.52. The van der Waals surface area contributed by atoms with E-state index < -0.39 is 52.3 Å². The summed E-state index contributed by atoms with van der Waals surface area (Å²) in [6.45, 7) is -0.291. The highest BCUT2D eigenvalue weighted by Crippen LogP contribution is 2.31. The van der Waals surface area contributed by atoms with Gasteiger partial charge < -0.3 is 15.3 Å². The number of halogens is 3. The van der Waals surface area contributed by atoms with Gasteiger partial charge in [0.15, 0.2) is 0 Å². The van der Waals surface area contributed by atoms with Gasteiger partial charge in [0, 0.05) is 25.2 Å². The summed E-state index contributed by atoms with van der Waals surface area (Å²) in [4.78, 5) is 27.5. The van der Waals surface area contributed by atoms with Crippen molar-refractivity contribution < 1.29 is 36.3 Å². The fraction of sp³-hybridized carbons (Fsp3) is 0.400. The Labute approximate surface area is 217 Å². The standard InChI is InChI=1S/C25H25F3N4O5S/c26-25(27,28)19-6-1-4-17(10-19)21(15-33)30-23(34)22-8-3-9-32(22)24(35)18-5-2-7-20(11-18)38(36,37)31-13-16(12-29)14-31/h1-2,4-7,10-11,16,21-22,33H,3,8-9,13-15H2,(H,30,34)/t21-,22+/m0/s1. The molecule has 2 amide bonds. The number of carbonyl (C=O) groups excluding carboxylic acids is 2. The summed E-state index contributed by atoms with van der Waals surface area (Å²) in [7, 11) is -3.89. The molecule has 0 bridgehead atoms. The number of benzene rings is 2. The Kier molecular flexibility index (Phi) is 7.78. The number of hydrogen-bond donors (Lipinski definition) is 2. The number of nitriles is 1. The van der Waals surface area contributed by atoms with Crippen LogP contribution in [0.25, 0.3) is 0 Å². The molecule has 13 heteroatoms. The minimum atomic E-state index is -4.59. The van der Waals surface area contributed by atoms with Crippen LogP contribution in [0.15, 0.2) is 53.4 Å². The Balaban J connectivity index is 1.49. The van der Waals surface area contributed by atoms with Gasteiger partial charge in [0.25, 0.3) is 5.91 Å². The lowest BCUT2D eigenvalue weighted by molar-refractivity contribution is -0.137. The molecule has 2 aliphatic heterocycles. The molecular formula is C25H25F3N4O5S. The number of alkyl halides is 3. The van der Waals surface area contributed by atoms with E-state index in [1.165, 1.54) is 41.3 Å². The first-order valence-electron chi connectivity index (χ1n) is 11.8. The Hall–Kier alpha value is -3.47. The van der Waals surface area contributed by atoms with E-state index in [4.69, 9.17) is 5.26 Å². The predicted octanol–water partition coefficient (Wildman–Crippen LogP) is 2.30. The molecule has 2 aromatic rings. The highest BCUT2D eigenvalue weighted by atomic mass is 32.2. The van der Waals surface area contributed by atoms with Gasteiger partial charge in [0.1, 0.15) is 6.04 Å². The molecule has 0 radical (unpaired) electrons. The maximum atomic E-state index is 13.3. The molecule has 4 rings (SSSR count). The second-order valence-electron chi connectivity index (χ2n) is 9.20. The van der Waals surface area contributed by atoms with Crippen LogP contribution < -0.4 is 5.32 Å². The molecule has 2 aromatic carbocycles. The molecule has 2 N–H and O–H groups in total. The van der Waals surface area contributed by atoms with Crippen molar-refractivity contribution in [2.45, 2.75) is 36.0 Å². The number of sulfonamides is 1. The minimum absolute atomic E-state index is 0.0553. The van der Waals surface area contributed by atoms with Crippen LogP contribution in [0.4, 0.5) is 13.2 Å². The van der Waals surface area contributed by atoms with Gasteiger partial charge in [-0.3, -0.25) is 9.59 Å². The molecule has 202 valence electrons. The number of nitrogens with zero attached hydrogens (tertiary/aromatic N) is 3. The lowest BCUT2D eigenvalue weighted by Crippen LogP contribution is -2.49. The zero-order valence-electron chi connectivity index (χ0n) is 20.1. The minimum Gasteiger partial charge on any atom is -0.394 e. The molecule has 0 aromatic heterocycles. The van der Waals surface area contributed by atoms with Gasteiger partial charge in [0.05, 0.1) is 35.1 Å². The summed E-state index contributed by atoms with van der Waals surface area (Å²) in [6, 6.07) is 9.63. The van der Waals surface area contributed by atoms with Crippen molar-refractivity contribution in [3.05, 3.63) is 65.2 Å². The van der Waals surface area contributed by atoms with E-state index in [1.54, 1.807) is 0 Å². The quantitative estimate of drug-likeness (QED) is 0.544. The second-order valence-corrected chi connectivity index (χ2v) is 11.1. The monoisotopic (exact) mass is 550 g/mol. The highest BCUT2D eigenvalue weighted by Gasteiger charge is 2.39. The van der Waals surface area contributed by atoms with Crippen molar-refractivity contribution in [1.29, 1.82) is 5.26 Å². The van der Waals surface area contributed by atoms with Gasteiger partial charge >= 0.3 is 6.18 Å². The summed E-state index contributed by atoms with van der Waals surface area (Å²) in [6.07, 6.45) is -3.82. The first-order valence-corrected chi connectivity index (χ1v) is 13.3. The molecule has 0 aliphatic carbocycles. The van der Waals surface area contributed by atoms with E-state index >= 15 is 0 Å². The van der Waals surface area contributed by atoms with Crippen LogP contribution in [0.1, 0.15) is 40.4 Å². The van der Waals surface area contributed by atoms with Gasteiger partial charge in [-0.1, -0.05) is 18.2 Å². The zero-order chi connectivity index (χ0) is 27.7. The number of amides is 2.